The summed E-state index contributed by atoms with van der Waals surface area (Å²) in [5.41, 5.74) is 2.35. The van der Waals surface area contributed by atoms with Crippen LogP contribution < -0.4 is 9.47 Å². The predicted molar refractivity (Wildman–Crippen MR) is 81.2 cm³/mol. The van der Waals surface area contributed by atoms with Gasteiger partial charge in [0.15, 0.2) is 6.29 Å². The molecule has 0 aromatic heterocycles. The molecule has 0 amide bonds. The molecule has 0 heterocycles. The normalized spacial score (nSPS) is 10.2. The third-order valence-electron chi connectivity index (χ3n) is 3.10. The molecule has 0 aliphatic rings. The quantitative estimate of drug-likeness (QED) is 0.579. The van der Waals surface area contributed by atoms with Gasteiger partial charge < -0.3 is 14.2 Å². The van der Waals surface area contributed by atoms with Crippen LogP contribution in [0.4, 0.5) is 0 Å². The van der Waals surface area contributed by atoms with E-state index in [1.165, 1.54) is 0 Å². The number of hydrogen-bond acceptors (Lipinski definition) is 4. The second kappa shape index (κ2) is 7.45. The first-order valence-corrected chi connectivity index (χ1v) is 6.64. The van der Waals surface area contributed by atoms with E-state index in [-0.39, 0.29) is 0 Å². The zero-order valence-electron chi connectivity index (χ0n) is 12.2. The smallest absolute Gasteiger partial charge is 0.153 e. The van der Waals surface area contributed by atoms with Crippen LogP contribution in [0.3, 0.4) is 0 Å². The number of carbonyl (C=O) groups is 1. The minimum Gasteiger partial charge on any atom is -0.496 e. The Bertz CT molecular complexity index is 607. The Morgan fingerprint density at radius 2 is 1.81 bits per heavy atom. The van der Waals surface area contributed by atoms with Crippen molar-refractivity contribution in [2.75, 3.05) is 27.4 Å². The van der Waals surface area contributed by atoms with E-state index in [0.29, 0.717) is 24.5 Å². The first-order chi connectivity index (χ1) is 10.3. The molecule has 4 nitrogen and oxygen atoms in total. The van der Waals surface area contributed by atoms with Gasteiger partial charge >= 0.3 is 0 Å². The summed E-state index contributed by atoms with van der Waals surface area (Å²) in [4.78, 5) is 11.1. The Labute approximate surface area is 124 Å². The van der Waals surface area contributed by atoms with Crippen molar-refractivity contribution in [3.05, 3.63) is 48.0 Å². The topological polar surface area (TPSA) is 44.8 Å². The first kappa shape index (κ1) is 15.1. The number of carbonyl (C=O) groups excluding carboxylic acids is 1. The average Bonchev–Trinajstić information content (AvgIpc) is 2.55. The fraction of sp³-hybridized carbons (Fsp3) is 0.235. The highest BCUT2D eigenvalue weighted by Gasteiger charge is 2.09. The molecule has 0 unspecified atom stereocenters. The summed E-state index contributed by atoms with van der Waals surface area (Å²) in [6, 6.07) is 13.2. The maximum atomic E-state index is 11.1. The summed E-state index contributed by atoms with van der Waals surface area (Å²) in [6.07, 6.45) is 0.788. The van der Waals surface area contributed by atoms with E-state index in [0.717, 1.165) is 23.2 Å². The summed E-state index contributed by atoms with van der Waals surface area (Å²) >= 11 is 0. The molecule has 110 valence electrons. The van der Waals surface area contributed by atoms with Crippen molar-refractivity contribution in [2.24, 2.45) is 0 Å². The molecule has 0 aliphatic heterocycles. The van der Waals surface area contributed by atoms with Gasteiger partial charge in [-0.15, -0.1) is 0 Å². The fourth-order valence-electron chi connectivity index (χ4n) is 2.06. The van der Waals surface area contributed by atoms with Crippen LogP contribution in [0.5, 0.6) is 11.5 Å². The molecule has 0 spiro atoms. The predicted octanol–water partition coefficient (Wildman–Crippen LogP) is 3.20. The van der Waals surface area contributed by atoms with Gasteiger partial charge in [0.1, 0.15) is 18.1 Å². The molecular formula is C17H18O4. The van der Waals surface area contributed by atoms with Crippen molar-refractivity contribution in [3.63, 3.8) is 0 Å². The Morgan fingerprint density at radius 1 is 1.00 bits per heavy atom. The Morgan fingerprint density at radius 3 is 2.52 bits per heavy atom. The SMILES string of the molecule is COCCOc1ccccc1-c1ccc(OC)c(C=O)c1. The number of aldehydes is 1. The van der Waals surface area contributed by atoms with Crippen LogP contribution in [0.15, 0.2) is 42.5 Å². The lowest BCUT2D eigenvalue weighted by molar-refractivity contribution is 0.112. The molecule has 0 saturated heterocycles. The lowest BCUT2D eigenvalue weighted by atomic mass is 10.0. The molecule has 2 rings (SSSR count). The van der Waals surface area contributed by atoms with E-state index in [1.807, 2.05) is 30.3 Å². The summed E-state index contributed by atoms with van der Waals surface area (Å²) < 4.78 is 15.9. The zero-order valence-corrected chi connectivity index (χ0v) is 12.2. The van der Waals surface area contributed by atoms with Gasteiger partial charge in [-0.2, -0.15) is 0 Å². The number of para-hydroxylation sites is 1. The number of rotatable bonds is 7. The number of ether oxygens (including phenoxy) is 3. The van der Waals surface area contributed by atoms with Crippen LogP contribution in [-0.4, -0.2) is 33.7 Å². The molecule has 0 saturated carbocycles. The number of methoxy groups -OCH3 is 2. The van der Waals surface area contributed by atoms with Crippen LogP contribution >= 0.6 is 0 Å². The van der Waals surface area contributed by atoms with Crippen molar-refractivity contribution in [1.29, 1.82) is 0 Å². The van der Waals surface area contributed by atoms with Crippen molar-refractivity contribution < 1.29 is 19.0 Å². The third kappa shape index (κ3) is 3.61. The standard InChI is InChI=1S/C17H18O4/c1-19-9-10-21-17-6-4-3-5-15(17)13-7-8-16(20-2)14(11-13)12-18/h3-8,11-12H,9-10H2,1-2H3. The van der Waals surface area contributed by atoms with Crippen molar-refractivity contribution >= 4 is 6.29 Å². The Kier molecular flexibility index (Phi) is 5.35. The molecule has 0 radical (unpaired) electrons. The molecular weight excluding hydrogens is 268 g/mol. The van der Waals surface area contributed by atoms with Crippen molar-refractivity contribution in [2.45, 2.75) is 0 Å². The summed E-state index contributed by atoms with van der Waals surface area (Å²) in [6.45, 7) is 1.00. The van der Waals surface area contributed by atoms with Gasteiger partial charge in [-0.05, 0) is 23.8 Å². The minimum absolute atomic E-state index is 0.476. The van der Waals surface area contributed by atoms with Crippen LogP contribution in [0.2, 0.25) is 0 Å². The zero-order chi connectivity index (χ0) is 15.1. The molecule has 2 aromatic carbocycles. The lowest BCUT2D eigenvalue weighted by Crippen LogP contribution is -2.05. The average molecular weight is 286 g/mol. The largest absolute Gasteiger partial charge is 0.496 e. The molecule has 0 atom stereocenters. The molecule has 2 aromatic rings. The van der Waals surface area contributed by atoms with E-state index in [2.05, 4.69) is 0 Å². The lowest BCUT2D eigenvalue weighted by Gasteiger charge is -2.12. The summed E-state index contributed by atoms with van der Waals surface area (Å²) in [5, 5.41) is 0. The molecule has 4 heteroatoms. The fourth-order valence-corrected chi connectivity index (χ4v) is 2.06. The van der Waals surface area contributed by atoms with Crippen LogP contribution in [-0.2, 0) is 4.74 Å². The van der Waals surface area contributed by atoms with Crippen LogP contribution in [0.25, 0.3) is 11.1 Å². The summed E-state index contributed by atoms with van der Waals surface area (Å²) in [5.74, 6) is 1.32. The molecule has 0 N–H and O–H groups in total. The molecule has 21 heavy (non-hydrogen) atoms. The highest BCUT2D eigenvalue weighted by Crippen LogP contribution is 2.32. The van der Waals surface area contributed by atoms with E-state index in [1.54, 1.807) is 26.4 Å². The maximum absolute atomic E-state index is 11.1. The number of benzene rings is 2. The van der Waals surface area contributed by atoms with E-state index < -0.39 is 0 Å². The van der Waals surface area contributed by atoms with Crippen LogP contribution in [0, 0.1) is 0 Å². The Hall–Kier alpha value is -2.33. The van der Waals surface area contributed by atoms with Gasteiger partial charge in [-0.25, -0.2) is 0 Å². The number of hydrogen-bond donors (Lipinski definition) is 0. The molecule has 0 aliphatic carbocycles. The maximum Gasteiger partial charge on any atom is 0.153 e. The summed E-state index contributed by atoms with van der Waals surface area (Å²) in [7, 11) is 3.18. The van der Waals surface area contributed by atoms with Gasteiger partial charge in [0, 0.05) is 12.7 Å². The van der Waals surface area contributed by atoms with Gasteiger partial charge in [0.2, 0.25) is 0 Å². The molecule has 0 bridgehead atoms. The van der Waals surface area contributed by atoms with E-state index >= 15 is 0 Å². The second-order valence-corrected chi connectivity index (χ2v) is 4.41. The second-order valence-electron chi connectivity index (χ2n) is 4.41. The highest BCUT2D eigenvalue weighted by molar-refractivity contribution is 5.84. The first-order valence-electron chi connectivity index (χ1n) is 6.64. The van der Waals surface area contributed by atoms with Crippen molar-refractivity contribution in [1.82, 2.24) is 0 Å². The van der Waals surface area contributed by atoms with Gasteiger partial charge in [-0.3, -0.25) is 4.79 Å². The third-order valence-corrected chi connectivity index (χ3v) is 3.10. The minimum atomic E-state index is 0.476. The van der Waals surface area contributed by atoms with Crippen molar-refractivity contribution in [3.8, 4) is 22.6 Å². The molecule has 0 fully saturated rings. The highest BCUT2D eigenvalue weighted by atomic mass is 16.5. The van der Waals surface area contributed by atoms with Gasteiger partial charge in [-0.1, -0.05) is 24.3 Å². The van der Waals surface area contributed by atoms with Gasteiger partial charge in [0.25, 0.3) is 0 Å². The van der Waals surface area contributed by atoms with Crippen LogP contribution in [0.1, 0.15) is 10.4 Å². The van der Waals surface area contributed by atoms with E-state index in [9.17, 15) is 4.79 Å². The van der Waals surface area contributed by atoms with E-state index in [4.69, 9.17) is 14.2 Å². The monoisotopic (exact) mass is 286 g/mol. The van der Waals surface area contributed by atoms with Gasteiger partial charge in [0.05, 0.1) is 19.3 Å². The Balaban J connectivity index is 2.35.